The molecule has 0 aliphatic carbocycles. The van der Waals surface area contributed by atoms with Crippen LogP contribution in [-0.4, -0.2) is 42.3 Å². The van der Waals surface area contributed by atoms with Gasteiger partial charge in [-0.1, -0.05) is 30.3 Å². The Kier molecular flexibility index (Phi) is 4.90. The molecule has 0 radical (unpaired) electrons. The minimum absolute atomic E-state index is 0.0923. The molecule has 0 unspecified atom stereocenters. The van der Waals surface area contributed by atoms with E-state index in [2.05, 4.69) is 10.3 Å². The number of imidazole rings is 1. The van der Waals surface area contributed by atoms with E-state index >= 15 is 0 Å². The average molecular weight is 424 g/mol. The summed E-state index contributed by atoms with van der Waals surface area (Å²) in [5, 5.41) is 21.9. The number of benzene rings is 2. The lowest BCUT2D eigenvalue weighted by atomic mass is 10.2. The first-order valence-electron chi connectivity index (χ1n) is 9.30. The van der Waals surface area contributed by atoms with Gasteiger partial charge in [0.2, 0.25) is 0 Å². The van der Waals surface area contributed by atoms with Crippen molar-refractivity contribution >= 4 is 28.6 Å². The van der Waals surface area contributed by atoms with Crippen LogP contribution in [-0.2, 0) is 11.3 Å². The maximum Gasteiger partial charge on any atom is 0.325 e. The van der Waals surface area contributed by atoms with Crippen molar-refractivity contribution < 1.29 is 24.2 Å². The van der Waals surface area contributed by atoms with E-state index in [0.717, 1.165) is 4.68 Å². The number of para-hydroxylation sites is 2. The molecule has 10 heteroatoms. The zero-order chi connectivity index (χ0) is 22.3. The summed E-state index contributed by atoms with van der Waals surface area (Å²) in [5.41, 5.74) is -0.605. The zero-order valence-corrected chi connectivity index (χ0v) is 16.2. The van der Waals surface area contributed by atoms with E-state index in [4.69, 9.17) is 5.11 Å². The average Bonchev–Trinajstić information content (AvgIpc) is 3.12. The first kappa shape index (κ1) is 20.1. The second-order valence-corrected chi connectivity index (χ2v) is 6.95. The molecule has 0 bridgehead atoms. The maximum atomic E-state index is 14.3. The summed E-state index contributed by atoms with van der Waals surface area (Å²) >= 11 is 0. The second-order valence-electron chi connectivity index (χ2n) is 6.95. The number of nitrogens with one attached hydrogen (secondary N) is 1. The monoisotopic (exact) mass is 424 g/mol. The Bertz CT molecular complexity index is 1410. The minimum atomic E-state index is -1.31. The lowest BCUT2D eigenvalue weighted by Crippen LogP contribution is -2.42. The van der Waals surface area contributed by atoms with E-state index in [1.54, 1.807) is 30.3 Å². The fourth-order valence-electron chi connectivity index (χ4n) is 3.31. The van der Waals surface area contributed by atoms with Gasteiger partial charge in [-0.25, -0.2) is 18.6 Å². The van der Waals surface area contributed by atoms with E-state index in [-0.39, 0.29) is 17.8 Å². The molecule has 1 amide bonds. The van der Waals surface area contributed by atoms with E-state index in [9.17, 15) is 23.9 Å². The van der Waals surface area contributed by atoms with Crippen LogP contribution in [0, 0.1) is 5.82 Å². The van der Waals surface area contributed by atoms with Gasteiger partial charge in [0.05, 0.1) is 17.6 Å². The van der Waals surface area contributed by atoms with Crippen molar-refractivity contribution in [3.05, 3.63) is 75.8 Å². The van der Waals surface area contributed by atoms with Crippen LogP contribution in [0.25, 0.3) is 16.7 Å². The van der Waals surface area contributed by atoms with Gasteiger partial charge in [0.25, 0.3) is 11.5 Å². The normalized spacial score (nSPS) is 12.2. The number of carbonyl (C=O) groups is 2. The van der Waals surface area contributed by atoms with E-state index in [0.29, 0.717) is 11.0 Å². The molecular formula is C21H17FN4O5. The third-order valence-corrected chi connectivity index (χ3v) is 4.90. The van der Waals surface area contributed by atoms with Crippen molar-refractivity contribution in [3.8, 4) is 5.75 Å². The van der Waals surface area contributed by atoms with Gasteiger partial charge < -0.3 is 15.5 Å². The summed E-state index contributed by atoms with van der Waals surface area (Å²) in [4.78, 5) is 41.3. The summed E-state index contributed by atoms with van der Waals surface area (Å²) in [6, 6.07) is 11.3. The number of amides is 1. The Morgan fingerprint density at radius 1 is 1.16 bits per heavy atom. The number of carboxylic acid groups (broad SMARTS) is 1. The quantitative estimate of drug-likeness (QED) is 0.448. The predicted molar refractivity (Wildman–Crippen MR) is 109 cm³/mol. The van der Waals surface area contributed by atoms with Crippen molar-refractivity contribution in [2.75, 3.05) is 0 Å². The first-order valence-corrected chi connectivity index (χ1v) is 9.30. The van der Waals surface area contributed by atoms with Crippen LogP contribution in [0.3, 0.4) is 0 Å². The van der Waals surface area contributed by atoms with Gasteiger partial charge in [-0.3, -0.25) is 14.4 Å². The molecule has 9 nitrogen and oxygen atoms in total. The lowest BCUT2D eigenvalue weighted by Gasteiger charge is -2.15. The molecule has 2 aromatic carbocycles. The molecule has 0 fully saturated rings. The van der Waals surface area contributed by atoms with Crippen molar-refractivity contribution in [3.63, 3.8) is 0 Å². The number of fused-ring (bicyclic) bond motifs is 3. The predicted octanol–water partition coefficient (Wildman–Crippen LogP) is 1.75. The van der Waals surface area contributed by atoms with Crippen molar-refractivity contribution in [1.82, 2.24) is 19.5 Å². The number of hydrogen-bond acceptors (Lipinski definition) is 5. The second kappa shape index (κ2) is 7.56. The van der Waals surface area contributed by atoms with E-state index < -0.39 is 40.6 Å². The molecule has 1 atom stereocenters. The fourth-order valence-corrected chi connectivity index (χ4v) is 3.31. The zero-order valence-electron chi connectivity index (χ0n) is 16.2. The van der Waals surface area contributed by atoms with Gasteiger partial charge in [-0.15, -0.1) is 0 Å². The van der Waals surface area contributed by atoms with Crippen LogP contribution in [0.1, 0.15) is 22.8 Å². The van der Waals surface area contributed by atoms with Gasteiger partial charge >= 0.3 is 5.97 Å². The number of aromatic nitrogens is 3. The molecule has 0 saturated carbocycles. The molecule has 3 N–H and O–H groups in total. The highest BCUT2D eigenvalue weighted by Crippen LogP contribution is 2.25. The molecule has 4 aromatic rings. The Balaban J connectivity index is 2.01. The molecular weight excluding hydrogens is 407 g/mol. The smallest absolute Gasteiger partial charge is 0.325 e. The number of nitrogens with zero attached hydrogens (tertiary/aromatic N) is 3. The molecule has 0 aliphatic rings. The molecule has 2 heterocycles. The first-order chi connectivity index (χ1) is 14.8. The SMILES string of the molecule is C[C@H](NC(=O)c1c(O)c2nc3ccccc3n2n(Cc2ccccc2F)c1=O)C(=O)O. The summed E-state index contributed by atoms with van der Waals surface area (Å²) in [6.45, 7) is 0.967. The molecule has 2 aromatic heterocycles. The van der Waals surface area contributed by atoms with Gasteiger partial charge in [0.15, 0.2) is 17.0 Å². The highest BCUT2D eigenvalue weighted by Gasteiger charge is 2.27. The molecule has 158 valence electrons. The van der Waals surface area contributed by atoms with Crippen molar-refractivity contribution in [2.24, 2.45) is 0 Å². The van der Waals surface area contributed by atoms with Gasteiger partial charge in [0.1, 0.15) is 11.9 Å². The summed E-state index contributed by atoms with van der Waals surface area (Å²) < 4.78 is 16.7. The maximum absolute atomic E-state index is 14.3. The van der Waals surface area contributed by atoms with Crippen LogP contribution in [0.2, 0.25) is 0 Å². The fraction of sp³-hybridized carbons (Fsp3) is 0.143. The Morgan fingerprint density at radius 3 is 2.55 bits per heavy atom. The Morgan fingerprint density at radius 2 is 1.84 bits per heavy atom. The number of carboxylic acids is 1. The minimum Gasteiger partial charge on any atom is -0.504 e. The summed E-state index contributed by atoms with van der Waals surface area (Å²) in [6.07, 6.45) is 0. The number of hydrogen-bond donors (Lipinski definition) is 3. The molecule has 0 aliphatic heterocycles. The lowest BCUT2D eigenvalue weighted by molar-refractivity contribution is -0.138. The Labute approximate surface area is 174 Å². The third kappa shape index (κ3) is 3.37. The van der Waals surface area contributed by atoms with E-state index in [1.807, 2.05) is 0 Å². The van der Waals surface area contributed by atoms with Crippen LogP contribution >= 0.6 is 0 Å². The topological polar surface area (TPSA) is 126 Å². The standard InChI is InChI=1S/C21H17FN4O5/c1-11(21(30)31)23-19(28)16-17(27)18-24-14-8-4-5-9-15(14)26(18)25(20(16)29)10-12-6-2-3-7-13(12)22/h2-9,11,27H,10H2,1H3,(H,23,28)(H,30,31)/t11-/m0/s1. The Hall–Kier alpha value is -4.21. The third-order valence-electron chi connectivity index (χ3n) is 4.90. The van der Waals surface area contributed by atoms with E-state index in [1.165, 1.54) is 29.6 Å². The highest BCUT2D eigenvalue weighted by atomic mass is 19.1. The number of aliphatic carboxylic acids is 1. The van der Waals surface area contributed by atoms with Crippen LogP contribution in [0.15, 0.2) is 53.3 Å². The molecule has 0 saturated heterocycles. The molecule has 31 heavy (non-hydrogen) atoms. The van der Waals surface area contributed by atoms with Gasteiger partial charge in [0, 0.05) is 5.56 Å². The summed E-state index contributed by atoms with van der Waals surface area (Å²) in [7, 11) is 0. The number of aromatic hydroxyl groups is 1. The van der Waals surface area contributed by atoms with Crippen molar-refractivity contribution in [2.45, 2.75) is 19.5 Å². The molecule has 4 rings (SSSR count). The number of halogens is 1. The molecule has 0 spiro atoms. The largest absolute Gasteiger partial charge is 0.504 e. The number of carbonyl (C=O) groups excluding carboxylic acids is 1. The van der Waals surface area contributed by atoms with Gasteiger partial charge in [-0.05, 0) is 25.1 Å². The summed E-state index contributed by atoms with van der Waals surface area (Å²) in [5.74, 6) is -3.63. The highest BCUT2D eigenvalue weighted by molar-refractivity contribution is 6.00. The van der Waals surface area contributed by atoms with Crippen LogP contribution < -0.4 is 10.9 Å². The van der Waals surface area contributed by atoms with Crippen LogP contribution in [0.4, 0.5) is 4.39 Å². The van der Waals surface area contributed by atoms with Crippen LogP contribution in [0.5, 0.6) is 5.75 Å². The van der Waals surface area contributed by atoms with Gasteiger partial charge in [-0.2, -0.15) is 0 Å². The number of rotatable bonds is 5. The van der Waals surface area contributed by atoms with Crippen molar-refractivity contribution in [1.29, 1.82) is 0 Å².